The van der Waals surface area contributed by atoms with E-state index in [4.69, 9.17) is 5.11 Å². The van der Waals surface area contributed by atoms with Gasteiger partial charge < -0.3 is 20.6 Å². The zero-order chi connectivity index (χ0) is 15.2. The normalized spacial score (nSPS) is 18.0. The molecule has 1 aromatic rings. The van der Waals surface area contributed by atoms with Crippen molar-refractivity contribution in [2.24, 2.45) is 0 Å². The number of aromatic nitrogens is 1. The molecule has 0 spiro atoms. The Labute approximate surface area is 121 Å². The summed E-state index contributed by atoms with van der Waals surface area (Å²) in [5, 5.41) is 14.1. The number of carboxylic acid groups (broad SMARTS) is 1. The van der Waals surface area contributed by atoms with Gasteiger partial charge in [-0.25, -0.2) is 4.79 Å². The summed E-state index contributed by atoms with van der Waals surface area (Å²) in [5.41, 5.74) is 0.821. The first kappa shape index (κ1) is 14.8. The molecule has 0 radical (unpaired) electrons. The third-order valence-corrected chi connectivity index (χ3v) is 3.13. The summed E-state index contributed by atoms with van der Waals surface area (Å²) in [6.07, 6.45) is 2.84. The molecule has 1 unspecified atom stereocenters. The highest BCUT2D eigenvalue weighted by molar-refractivity contribution is 5.91. The second-order valence-corrected chi connectivity index (χ2v) is 4.62. The number of rotatable bonds is 4. The summed E-state index contributed by atoms with van der Waals surface area (Å²) >= 11 is 0. The van der Waals surface area contributed by atoms with Gasteiger partial charge in [-0.2, -0.15) is 0 Å². The van der Waals surface area contributed by atoms with Crippen LogP contribution in [0.3, 0.4) is 0 Å². The number of piperazine rings is 1. The van der Waals surface area contributed by atoms with Crippen molar-refractivity contribution < 1.29 is 19.5 Å². The minimum Gasteiger partial charge on any atom is -0.481 e. The van der Waals surface area contributed by atoms with E-state index in [0.29, 0.717) is 6.54 Å². The molecular formula is C13H16N4O4. The zero-order valence-electron chi connectivity index (χ0n) is 11.3. The Morgan fingerprint density at radius 2 is 2.33 bits per heavy atom. The van der Waals surface area contributed by atoms with Crippen LogP contribution in [0.4, 0.5) is 4.79 Å². The fourth-order valence-electron chi connectivity index (χ4n) is 2.11. The molecule has 0 saturated carbocycles. The molecule has 1 saturated heterocycles. The van der Waals surface area contributed by atoms with Crippen molar-refractivity contribution in [2.45, 2.75) is 19.0 Å². The van der Waals surface area contributed by atoms with Crippen LogP contribution in [0.2, 0.25) is 0 Å². The van der Waals surface area contributed by atoms with Gasteiger partial charge in [-0.05, 0) is 11.6 Å². The standard InChI is InChI=1S/C13H16N4O4/c18-11(19)6-10-12(20)15-4-5-17(10)13(21)16-8-9-2-1-3-14-7-9/h1-3,7,10H,4-6,8H2,(H,15,20)(H,16,21)(H,18,19). The molecule has 21 heavy (non-hydrogen) atoms. The molecule has 3 amide bonds. The lowest BCUT2D eigenvalue weighted by Gasteiger charge is -2.34. The average molecular weight is 292 g/mol. The molecule has 1 aliphatic heterocycles. The van der Waals surface area contributed by atoms with E-state index >= 15 is 0 Å². The van der Waals surface area contributed by atoms with Crippen LogP contribution in [0.15, 0.2) is 24.5 Å². The Bertz CT molecular complexity index is 534. The summed E-state index contributed by atoms with van der Waals surface area (Å²) in [5.74, 6) is -1.57. The maximum atomic E-state index is 12.1. The summed E-state index contributed by atoms with van der Waals surface area (Å²) in [6, 6.07) is 2.12. The van der Waals surface area contributed by atoms with Gasteiger partial charge in [-0.3, -0.25) is 14.6 Å². The molecular weight excluding hydrogens is 276 g/mol. The summed E-state index contributed by atoms with van der Waals surface area (Å²) in [6.45, 7) is 0.864. The number of urea groups is 1. The number of carboxylic acids is 1. The van der Waals surface area contributed by atoms with Crippen LogP contribution in [0.1, 0.15) is 12.0 Å². The Balaban J connectivity index is 1.98. The SMILES string of the molecule is O=C(O)CC1C(=O)NCCN1C(=O)NCc1cccnc1. The fourth-order valence-corrected chi connectivity index (χ4v) is 2.11. The van der Waals surface area contributed by atoms with Crippen LogP contribution in [0, 0.1) is 0 Å². The first-order valence-electron chi connectivity index (χ1n) is 6.51. The van der Waals surface area contributed by atoms with Gasteiger partial charge >= 0.3 is 12.0 Å². The quantitative estimate of drug-likeness (QED) is 0.697. The van der Waals surface area contributed by atoms with Gasteiger partial charge in [-0.1, -0.05) is 6.07 Å². The number of carbonyl (C=O) groups excluding carboxylic acids is 2. The minimum absolute atomic E-state index is 0.268. The molecule has 1 aromatic heterocycles. The number of amides is 3. The molecule has 1 fully saturated rings. The van der Waals surface area contributed by atoms with E-state index in [-0.39, 0.29) is 13.1 Å². The van der Waals surface area contributed by atoms with Crippen molar-refractivity contribution in [3.8, 4) is 0 Å². The maximum Gasteiger partial charge on any atom is 0.318 e. The second-order valence-electron chi connectivity index (χ2n) is 4.62. The molecule has 2 heterocycles. The molecule has 3 N–H and O–H groups in total. The predicted octanol–water partition coefficient (Wildman–Crippen LogP) is -0.434. The van der Waals surface area contributed by atoms with E-state index in [2.05, 4.69) is 15.6 Å². The molecule has 0 aromatic carbocycles. The lowest BCUT2D eigenvalue weighted by atomic mass is 10.1. The molecule has 1 aliphatic rings. The lowest BCUT2D eigenvalue weighted by Crippen LogP contribution is -2.59. The van der Waals surface area contributed by atoms with Crippen LogP contribution < -0.4 is 10.6 Å². The van der Waals surface area contributed by atoms with E-state index in [0.717, 1.165) is 5.56 Å². The van der Waals surface area contributed by atoms with E-state index in [9.17, 15) is 14.4 Å². The number of nitrogens with one attached hydrogen (secondary N) is 2. The summed E-state index contributed by atoms with van der Waals surface area (Å²) in [7, 11) is 0. The molecule has 1 atom stereocenters. The Morgan fingerprint density at radius 1 is 1.52 bits per heavy atom. The highest BCUT2D eigenvalue weighted by Crippen LogP contribution is 2.09. The first-order chi connectivity index (χ1) is 10.1. The van der Waals surface area contributed by atoms with Crippen molar-refractivity contribution in [1.82, 2.24) is 20.5 Å². The fraction of sp³-hybridized carbons (Fsp3) is 0.385. The second kappa shape index (κ2) is 6.69. The van der Waals surface area contributed by atoms with E-state index in [1.54, 1.807) is 18.5 Å². The van der Waals surface area contributed by atoms with Gasteiger partial charge in [0.1, 0.15) is 6.04 Å². The minimum atomic E-state index is -1.12. The van der Waals surface area contributed by atoms with Crippen molar-refractivity contribution in [3.05, 3.63) is 30.1 Å². The Hall–Kier alpha value is -2.64. The maximum absolute atomic E-state index is 12.1. The Morgan fingerprint density at radius 3 is 3.00 bits per heavy atom. The topological polar surface area (TPSA) is 112 Å². The van der Waals surface area contributed by atoms with Crippen LogP contribution in [-0.4, -0.2) is 52.0 Å². The highest BCUT2D eigenvalue weighted by Gasteiger charge is 2.34. The zero-order valence-corrected chi connectivity index (χ0v) is 11.3. The number of aliphatic carboxylic acids is 1. The van der Waals surface area contributed by atoms with Gasteiger partial charge in [0.25, 0.3) is 0 Å². The third-order valence-electron chi connectivity index (χ3n) is 3.13. The van der Waals surface area contributed by atoms with Gasteiger partial charge in [0.15, 0.2) is 0 Å². The molecule has 8 nitrogen and oxygen atoms in total. The van der Waals surface area contributed by atoms with Crippen LogP contribution in [0.25, 0.3) is 0 Å². The number of nitrogens with zero attached hydrogens (tertiary/aromatic N) is 2. The van der Waals surface area contributed by atoms with Crippen LogP contribution in [0.5, 0.6) is 0 Å². The van der Waals surface area contributed by atoms with Gasteiger partial charge in [0, 0.05) is 32.0 Å². The Kier molecular flexibility index (Phi) is 4.70. The number of hydrogen-bond donors (Lipinski definition) is 3. The van der Waals surface area contributed by atoms with Crippen molar-refractivity contribution in [3.63, 3.8) is 0 Å². The van der Waals surface area contributed by atoms with Gasteiger partial charge in [0.05, 0.1) is 6.42 Å². The van der Waals surface area contributed by atoms with Crippen molar-refractivity contribution in [2.75, 3.05) is 13.1 Å². The van der Waals surface area contributed by atoms with Gasteiger partial charge in [-0.15, -0.1) is 0 Å². The molecule has 8 heteroatoms. The summed E-state index contributed by atoms with van der Waals surface area (Å²) in [4.78, 5) is 39.8. The highest BCUT2D eigenvalue weighted by atomic mass is 16.4. The predicted molar refractivity (Wildman–Crippen MR) is 72.2 cm³/mol. The van der Waals surface area contributed by atoms with Crippen molar-refractivity contribution in [1.29, 1.82) is 0 Å². The largest absolute Gasteiger partial charge is 0.481 e. The number of carbonyl (C=O) groups is 3. The third kappa shape index (κ3) is 3.91. The smallest absolute Gasteiger partial charge is 0.318 e. The van der Waals surface area contributed by atoms with E-state index < -0.39 is 30.4 Å². The van der Waals surface area contributed by atoms with Crippen LogP contribution >= 0.6 is 0 Å². The average Bonchev–Trinajstić information content (AvgIpc) is 2.47. The molecule has 2 rings (SSSR count). The number of hydrogen-bond acceptors (Lipinski definition) is 4. The van der Waals surface area contributed by atoms with Gasteiger partial charge in [0.2, 0.25) is 5.91 Å². The van der Waals surface area contributed by atoms with Crippen molar-refractivity contribution >= 4 is 17.9 Å². The van der Waals surface area contributed by atoms with E-state index in [1.165, 1.54) is 4.90 Å². The van der Waals surface area contributed by atoms with E-state index in [1.807, 2.05) is 6.07 Å². The van der Waals surface area contributed by atoms with Crippen LogP contribution in [-0.2, 0) is 16.1 Å². The number of pyridine rings is 1. The molecule has 0 bridgehead atoms. The monoisotopic (exact) mass is 292 g/mol. The molecule has 0 aliphatic carbocycles. The first-order valence-corrected chi connectivity index (χ1v) is 6.51. The lowest BCUT2D eigenvalue weighted by molar-refractivity contribution is -0.142. The summed E-state index contributed by atoms with van der Waals surface area (Å²) < 4.78 is 0. The molecule has 112 valence electrons.